The molecule has 0 spiro atoms. The van der Waals surface area contributed by atoms with E-state index >= 15 is 0 Å². The lowest BCUT2D eigenvalue weighted by Crippen LogP contribution is -2.30. The van der Waals surface area contributed by atoms with Crippen LogP contribution in [0.15, 0.2) is 36.4 Å². The molecule has 1 aliphatic rings. The maximum atomic E-state index is 9.78. The second kappa shape index (κ2) is 5.41. The minimum atomic E-state index is -0.0544. The normalized spacial score (nSPS) is 17.8. The summed E-state index contributed by atoms with van der Waals surface area (Å²) in [7, 11) is 0. The standard InChI is InChI=1S/C18H21NO2/c1-11(2)12-3-5-13(6-4-12)18-15-10-17(21)16(20)9-14(15)7-8-19-18/h3-6,9-11,18-21H,7-8H2,1-2H3/t18-/m1/s1. The number of nitrogens with one attached hydrogen (secondary N) is 1. The largest absolute Gasteiger partial charge is 0.504 e. The molecule has 0 unspecified atom stereocenters. The zero-order valence-corrected chi connectivity index (χ0v) is 12.4. The second-order valence-electron chi connectivity index (χ2n) is 6.00. The van der Waals surface area contributed by atoms with E-state index in [1.807, 2.05) is 0 Å². The number of hydrogen-bond donors (Lipinski definition) is 3. The molecule has 0 amide bonds. The molecule has 3 rings (SSSR count). The van der Waals surface area contributed by atoms with Crippen LogP contribution in [0.4, 0.5) is 0 Å². The highest BCUT2D eigenvalue weighted by Gasteiger charge is 2.23. The van der Waals surface area contributed by atoms with Gasteiger partial charge in [-0.1, -0.05) is 38.1 Å². The summed E-state index contributed by atoms with van der Waals surface area (Å²) in [5, 5.41) is 22.9. The Kier molecular flexibility index (Phi) is 3.60. The van der Waals surface area contributed by atoms with Crippen molar-refractivity contribution in [2.45, 2.75) is 32.2 Å². The van der Waals surface area contributed by atoms with Gasteiger partial charge in [-0.05, 0) is 46.7 Å². The smallest absolute Gasteiger partial charge is 0.157 e. The Labute approximate surface area is 125 Å². The lowest BCUT2D eigenvalue weighted by atomic mass is 9.88. The molecule has 1 heterocycles. The summed E-state index contributed by atoms with van der Waals surface area (Å²) in [5.41, 5.74) is 4.66. The van der Waals surface area contributed by atoms with Gasteiger partial charge in [0.25, 0.3) is 0 Å². The summed E-state index contributed by atoms with van der Waals surface area (Å²) in [6.07, 6.45) is 0.865. The Morgan fingerprint density at radius 1 is 1.05 bits per heavy atom. The van der Waals surface area contributed by atoms with Crippen LogP contribution in [-0.2, 0) is 6.42 Å². The zero-order chi connectivity index (χ0) is 15.0. The van der Waals surface area contributed by atoms with Crippen LogP contribution in [0.1, 0.15) is 48.1 Å². The number of fused-ring (bicyclic) bond motifs is 1. The van der Waals surface area contributed by atoms with Gasteiger partial charge in [-0.3, -0.25) is 0 Å². The maximum absolute atomic E-state index is 9.78. The highest BCUT2D eigenvalue weighted by molar-refractivity contribution is 5.50. The van der Waals surface area contributed by atoms with Crippen molar-refractivity contribution in [2.24, 2.45) is 0 Å². The third-order valence-corrected chi connectivity index (χ3v) is 4.23. The first-order chi connectivity index (χ1) is 10.1. The Morgan fingerprint density at radius 3 is 2.38 bits per heavy atom. The molecule has 0 aromatic heterocycles. The van der Waals surface area contributed by atoms with Crippen molar-refractivity contribution >= 4 is 0 Å². The molecule has 1 atom stereocenters. The first-order valence-electron chi connectivity index (χ1n) is 7.44. The van der Waals surface area contributed by atoms with Crippen LogP contribution in [0.3, 0.4) is 0 Å². The zero-order valence-electron chi connectivity index (χ0n) is 12.4. The van der Waals surface area contributed by atoms with Gasteiger partial charge in [0.2, 0.25) is 0 Å². The summed E-state index contributed by atoms with van der Waals surface area (Å²) >= 11 is 0. The summed E-state index contributed by atoms with van der Waals surface area (Å²) in [5.74, 6) is 0.428. The predicted octanol–water partition coefficient (Wildman–Crippen LogP) is 3.46. The summed E-state index contributed by atoms with van der Waals surface area (Å²) in [6, 6.07) is 12.0. The van der Waals surface area contributed by atoms with E-state index in [-0.39, 0.29) is 17.5 Å². The molecule has 0 saturated heterocycles. The van der Waals surface area contributed by atoms with Crippen LogP contribution in [-0.4, -0.2) is 16.8 Å². The number of rotatable bonds is 2. The topological polar surface area (TPSA) is 52.5 Å². The van der Waals surface area contributed by atoms with Gasteiger partial charge in [-0.2, -0.15) is 0 Å². The van der Waals surface area contributed by atoms with Crippen LogP contribution >= 0.6 is 0 Å². The van der Waals surface area contributed by atoms with Gasteiger partial charge in [-0.15, -0.1) is 0 Å². The number of benzene rings is 2. The van der Waals surface area contributed by atoms with Crippen molar-refractivity contribution in [2.75, 3.05) is 6.54 Å². The van der Waals surface area contributed by atoms with Crippen molar-refractivity contribution < 1.29 is 10.2 Å². The first-order valence-corrected chi connectivity index (χ1v) is 7.44. The molecule has 3 N–H and O–H groups in total. The fraction of sp³-hybridized carbons (Fsp3) is 0.333. The summed E-state index contributed by atoms with van der Waals surface area (Å²) in [6.45, 7) is 5.24. The Morgan fingerprint density at radius 2 is 1.71 bits per heavy atom. The van der Waals surface area contributed by atoms with Crippen LogP contribution in [0.25, 0.3) is 0 Å². The third-order valence-electron chi connectivity index (χ3n) is 4.23. The van der Waals surface area contributed by atoms with Crippen LogP contribution in [0.5, 0.6) is 11.5 Å². The second-order valence-corrected chi connectivity index (χ2v) is 6.00. The van der Waals surface area contributed by atoms with Crippen molar-refractivity contribution in [3.05, 3.63) is 58.7 Å². The number of hydrogen-bond acceptors (Lipinski definition) is 3. The molecule has 0 bridgehead atoms. The molecular formula is C18H21NO2. The Bertz CT molecular complexity index is 647. The average Bonchev–Trinajstić information content (AvgIpc) is 2.48. The molecule has 0 radical (unpaired) electrons. The van der Waals surface area contributed by atoms with E-state index in [0.717, 1.165) is 24.1 Å². The molecule has 3 heteroatoms. The van der Waals surface area contributed by atoms with E-state index in [1.54, 1.807) is 12.1 Å². The molecule has 2 aromatic carbocycles. The monoisotopic (exact) mass is 283 g/mol. The van der Waals surface area contributed by atoms with Crippen LogP contribution < -0.4 is 5.32 Å². The molecular weight excluding hydrogens is 262 g/mol. The van der Waals surface area contributed by atoms with Gasteiger partial charge >= 0.3 is 0 Å². The predicted molar refractivity (Wildman–Crippen MR) is 83.9 cm³/mol. The SMILES string of the molecule is CC(C)c1ccc([C@H]2NCCc3cc(O)c(O)cc32)cc1. The third kappa shape index (κ3) is 2.61. The van der Waals surface area contributed by atoms with Crippen molar-refractivity contribution in [1.29, 1.82) is 0 Å². The van der Waals surface area contributed by atoms with E-state index in [1.165, 1.54) is 11.1 Å². The van der Waals surface area contributed by atoms with Gasteiger partial charge < -0.3 is 15.5 Å². The highest BCUT2D eigenvalue weighted by atomic mass is 16.3. The molecule has 2 aromatic rings. The molecule has 0 saturated carbocycles. The van der Waals surface area contributed by atoms with Gasteiger partial charge in [0.15, 0.2) is 11.5 Å². The maximum Gasteiger partial charge on any atom is 0.157 e. The van der Waals surface area contributed by atoms with E-state index in [4.69, 9.17) is 0 Å². The lowest BCUT2D eigenvalue weighted by Gasteiger charge is -2.28. The van der Waals surface area contributed by atoms with Gasteiger partial charge in [0.05, 0.1) is 6.04 Å². The molecule has 0 aliphatic carbocycles. The van der Waals surface area contributed by atoms with Gasteiger partial charge in [-0.25, -0.2) is 0 Å². The molecule has 1 aliphatic heterocycles. The minimum Gasteiger partial charge on any atom is -0.504 e. The highest BCUT2D eigenvalue weighted by Crippen LogP contribution is 2.36. The Balaban J connectivity index is 1.99. The van der Waals surface area contributed by atoms with E-state index < -0.39 is 0 Å². The van der Waals surface area contributed by atoms with Gasteiger partial charge in [0.1, 0.15) is 0 Å². The van der Waals surface area contributed by atoms with Crippen LogP contribution in [0.2, 0.25) is 0 Å². The summed E-state index contributed by atoms with van der Waals surface area (Å²) < 4.78 is 0. The lowest BCUT2D eigenvalue weighted by molar-refractivity contribution is 0.400. The van der Waals surface area contributed by atoms with Crippen molar-refractivity contribution in [3.8, 4) is 11.5 Å². The average molecular weight is 283 g/mol. The van der Waals surface area contributed by atoms with E-state index in [0.29, 0.717) is 5.92 Å². The van der Waals surface area contributed by atoms with Crippen LogP contribution in [0, 0.1) is 0 Å². The van der Waals surface area contributed by atoms with Crippen molar-refractivity contribution in [3.63, 3.8) is 0 Å². The minimum absolute atomic E-state index is 0.0374. The quantitative estimate of drug-likeness (QED) is 0.740. The molecule has 0 fully saturated rings. The number of phenols is 2. The van der Waals surface area contributed by atoms with E-state index in [2.05, 4.69) is 43.4 Å². The van der Waals surface area contributed by atoms with E-state index in [9.17, 15) is 10.2 Å². The first kappa shape index (κ1) is 14.0. The summed E-state index contributed by atoms with van der Waals surface area (Å²) in [4.78, 5) is 0. The Hall–Kier alpha value is -2.00. The number of aromatic hydroxyl groups is 2. The molecule has 3 nitrogen and oxygen atoms in total. The molecule has 21 heavy (non-hydrogen) atoms. The fourth-order valence-electron chi connectivity index (χ4n) is 2.95. The number of phenolic OH excluding ortho intramolecular Hbond substituents is 2. The molecule has 110 valence electrons. The van der Waals surface area contributed by atoms with Gasteiger partial charge in [0, 0.05) is 6.54 Å². The fourth-order valence-corrected chi connectivity index (χ4v) is 2.95. The van der Waals surface area contributed by atoms with Crippen molar-refractivity contribution in [1.82, 2.24) is 5.32 Å².